The molecule has 15 heavy (non-hydrogen) atoms. The molecule has 0 atom stereocenters. The van der Waals surface area contributed by atoms with Crippen molar-refractivity contribution in [1.29, 1.82) is 0 Å². The molecule has 0 fully saturated rings. The van der Waals surface area contributed by atoms with Crippen LogP contribution in [0.4, 0.5) is 13.2 Å². The number of benzene rings is 1. The molecule has 82 valence electrons. The summed E-state index contributed by atoms with van der Waals surface area (Å²) in [5, 5.41) is 0.393. The van der Waals surface area contributed by atoms with Crippen LogP contribution in [-0.2, 0) is 6.18 Å². The summed E-state index contributed by atoms with van der Waals surface area (Å²) in [6.45, 7) is 0. The van der Waals surface area contributed by atoms with Gasteiger partial charge in [0.05, 0.1) is 13.1 Å². The molecule has 1 rings (SSSR count). The Bertz CT molecular complexity index is 379. The predicted molar refractivity (Wildman–Crippen MR) is 67.2 cm³/mol. The highest BCUT2D eigenvalue weighted by molar-refractivity contribution is 14.1. The van der Waals surface area contributed by atoms with Crippen LogP contribution in [0.3, 0.4) is 0 Å². The highest BCUT2D eigenvalue weighted by atomic mass is 127. The van der Waals surface area contributed by atoms with E-state index in [1.54, 1.807) is 0 Å². The third-order valence-corrected chi connectivity index (χ3v) is 3.52. The van der Waals surface area contributed by atoms with Gasteiger partial charge in [0.2, 0.25) is 0 Å². The topological polar surface area (TPSA) is 0 Å². The minimum atomic E-state index is -4.31. The van der Waals surface area contributed by atoms with Crippen molar-refractivity contribution in [2.45, 2.75) is 6.18 Å². The van der Waals surface area contributed by atoms with Gasteiger partial charge in [-0.2, -0.15) is 13.2 Å². The van der Waals surface area contributed by atoms with Crippen molar-refractivity contribution in [3.8, 4) is 0 Å². The fourth-order valence-electron chi connectivity index (χ4n) is 0.915. The predicted octanol–water partition coefficient (Wildman–Crippen LogP) is 5.40. The second kappa shape index (κ2) is 5.05. The van der Waals surface area contributed by atoms with Crippen LogP contribution in [0, 0.1) is 0 Å². The second-order valence-electron chi connectivity index (χ2n) is 2.65. The molecular formula is C9H4BrClF3I. The van der Waals surface area contributed by atoms with Crippen molar-refractivity contribution in [3.05, 3.63) is 37.9 Å². The van der Waals surface area contributed by atoms with Crippen molar-refractivity contribution >= 4 is 55.2 Å². The average molecular weight is 411 g/mol. The van der Waals surface area contributed by atoms with E-state index < -0.39 is 11.7 Å². The highest BCUT2D eigenvalue weighted by Gasteiger charge is 2.29. The third-order valence-electron chi connectivity index (χ3n) is 1.63. The van der Waals surface area contributed by atoms with Crippen molar-refractivity contribution in [1.82, 2.24) is 0 Å². The van der Waals surface area contributed by atoms with E-state index in [0.717, 1.165) is 12.1 Å². The zero-order chi connectivity index (χ0) is 11.6. The maximum absolute atomic E-state index is 12.2. The molecule has 0 spiro atoms. The second-order valence-corrected chi connectivity index (χ2v) is 6.38. The standard InChI is InChI=1S/C9H4BrClF3I/c10-8(15)7(11)5-1-3-6(4-2-5)9(12,13)14/h1-4H. The molecule has 0 aromatic heterocycles. The molecule has 0 nitrogen and oxygen atoms in total. The fraction of sp³-hybridized carbons (Fsp3) is 0.111. The Balaban J connectivity index is 3.07. The first-order chi connectivity index (χ1) is 6.82. The summed E-state index contributed by atoms with van der Waals surface area (Å²) in [5.41, 5.74) is -0.133. The Morgan fingerprint density at radius 2 is 1.67 bits per heavy atom. The molecule has 0 saturated carbocycles. The van der Waals surface area contributed by atoms with Crippen molar-refractivity contribution in [2.24, 2.45) is 0 Å². The van der Waals surface area contributed by atoms with E-state index in [2.05, 4.69) is 15.9 Å². The molecule has 0 aliphatic rings. The molecule has 0 saturated heterocycles. The molecule has 0 unspecified atom stereocenters. The fourth-order valence-corrected chi connectivity index (χ4v) is 1.58. The number of hydrogen-bond donors (Lipinski definition) is 0. The molecule has 0 N–H and O–H groups in total. The number of alkyl halides is 3. The van der Waals surface area contributed by atoms with Crippen LogP contribution >= 0.6 is 50.1 Å². The largest absolute Gasteiger partial charge is 0.416 e. The van der Waals surface area contributed by atoms with Crippen molar-refractivity contribution in [2.75, 3.05) is 0 Å². The first-order valence-electron chi connectivity index (χ1n) is 3.71. The monoisotopic (exact) mass is 410 g/mol. The van der Waals surface area contributed by atoms with Crippen LogP contribution in [0.25, 0.3) is 5.03 Å². The van der Waals surface area contributed by atoms with Gasteiger partial charge in [-0.05, 0) is 56.2 Å². The maximum atomic E-state index is 12.2. The summed E-state index contributed by atoms with van der Waals surface area (Å²) in [6.07, 6.45) is -4.31. The van der Waals surface area contributed by atoms with Gasteiger partial charge < -0.3 is 0 Å². The van der Waals surface area contributed by atoms with Crippen LogP contribution in [-0.4, -0.2) is 0 Å². The normalized spacial score (nSPS) is 13.7. The summed E-state index contributed by atoms with van der Waals surface area (Å²) in [7, 11) is 0. The lowest BCUT2D eigenvalue weighted by Gasteiger charge is -2.07. The molecule has 0 heterocycles. The smallest absolute Gasteiger partial charge is 0.166 e. The van der Waals surface area contributed by atoms with E-state index in [1.165, 1.54) is 12.1 Å². The van der Waals surface area contributed by atoms with Gasteiger partial charge in [-0.15, -0.1) is 0 Å². The van der Waals surface area contributed by atoms with E-state index in [4.69, 9.17) is 11.6 Å². The van der Waals surface area contributed by atoms with Gasteiger partial charge in [-0.3, -0.25) is 0 Å². The quantitative estimate of drug-likeness (QED) is 0.543. The first-order valence-corrected chi connectivity index (χ1v) is 5.95. The number of hydrogen-bond acceptors (Lipinski definition) is 0. The molecule has 1 aromatic rings. The van der Waals surface area contributed by atoms with E-state index in [9.17, 15) is 13.2 Å². The maximum Gasteiger partial charge on any atom is 0.416 e. The van der Waals surface area contributed by atoms with E-state index in [1.807, 2.05) is 22.6 Å². The Hall–Kier alpha value is 0.250. The van der Waals surface area contributed by atoms with Crippen LogP contribution in [0.1, 0.15) is 11.1 Å². The Kier molecular flexibility index (Phi) is 4.49. The number of halogens is 6. The molecule has 1 aromatic carbocycles. The van der Waals surface area contributed by atoms with Crippen LogP contribution < -0.4 is 0 Å². The minimum absolute atomic E-state index is 0.393. The number of rotatable bonds is 1. The Morgan fingerprint density at radius 1 is 1.20 bits per heavy atom. The Morgan fingerprint density at radius 3 is 2.00 bits per heavy atom. The van der Waals surface area contributed by atoms with Gasteiger partial charge in [0, 0.05) is 0 Å². The summed E-state index contributed by atoms with van der Waals surface area (Å²) in [6, 6.07) is 4.69. The van der Waals surface area contributed by atoms with Gasteiger partial charge in [-0.25, -0.2) is 0 Å². The van der Waals surface area contributed by atoms with Gasteiger partial charge in [0.1, 0.15) is 0 Å². The SMILES string of the molecule is FC(F)(F)c1ccc(C(Cl)=C(Br)I)cc1. The molecule has 0 aliphatic carbocycles. The van der Waals surface area contributed by atoms with Crippen LogP contribution in [0.2, 0.25) is 0 Å². The molecule has 0 amide bonds. The van der Waals surface area contributed by atoms with Gasteiger partial charge in [-0.1, -0.05) is 23.7 Å². The van der Waals surface area contributed by atoms with E-state index in [-0.39, 0.29) is 0 Å². The zero-order valence-corrected chi connectivity index (χ0v) is 11.6. The lowest BCUT2D eigenvalue weighted by molar-refractivity contribution is -0.137. The van der Waals surface area contributed by atoms with Crippen LogP contribution in [0.15, 0.2) is 26.8 Å². The lowest BCUT2D eigenvalue weighted by Crippen LogP contribution is -2.04. The zero-order valence-electron chi connectivity index (χ0n) is 7.08. The van der Waals surface area contributed by atoms with Gasteiger partial charge in [0.25, 0.3) is 0 Å². The van der Waals surface area contributed by atoms with Gasteiger partial charge in [0.15, 0.2) is 0 Å². The highest BCUT2D eigenvalue weighted by Crippen LogP contribution is 2.33. The summed E-state index contributed by atoms with van der Waals surface area (Å²) < 4.78 is 37.3. The minimum Gasteiger partial charge on any atom is -0.166 e. The molecule has 0 radical (unpaired) electrons. The summed E-state index contributed by atoms with van der Waals surface area (Å²) in [5.74, 6) is 0. The lowest BCUT2D eigenvalue weighted by atomic mass is 10.1. The molecular weight excluding hydrogens is 407 g/mol. The Labute approximate surface area is 112 Å². The van der Waals surface area contributed by atoms with E-state index >= 15 is 0 Å². The van der Waals surface area contributed by atoms with Crippen LogP contribution in [0.5, 0.6) is 0 Å². The molecule has 0 bridgehead atoms. The summed E-state index contributed by atoms with van der Waals surface area (Å²) in [4.78, 5) is 0. The molecule has 6 heteroatoms. The van der Waals surface area contributed by atoms with Crippen molar-refractivity contribution < 1.29 is 13.2 Å². The van der Waals surface area contributed by atoms with Gasteiger partial charge >= 0.3 is 6.18 Å². The molecule has 0 aliphatic heterocycles. The third kappa shape index (κ3) is 3.64. The first kappa shape index (κ1) is 13.3. The van der Waals surface area contributed by atoms with Crippen molar-refractivity contribution in [3.63, 3.8) is 0 Å². The van der Waals surface area contributed by atoms with E-state index in [0.29, 0.717) is 13.1 Å². The average Bonchev–Trinajstić information content (AvgIpc) is 2.15. The summed E-state index contributed by atoms with van der Waals surface area (Å²) >= 11 is 10.9.